The number of aryl methyl sites for hydroxylation is 2. The van der Waals surface area contributed by atoms with Crippen LogP contribution in [0.25, 0.3) is 0 Å². The molecule has 0 bridgehead atoms. The number of carbonyl (C=O) groups excluding carboxylic acids is 1. The molecule has 0 aromatic heterocycles. The standard InChI is InChI=1S/C16H20N2O3/c1-10-2-4-13-11(8-10)3-5-14(13)17-16(21)18-7-6-12(9-18)15(19)20/h2,4,8,12,14H,3,5-7,9H2,1H3,(H,17,21)(H,19,20). The van der Waals surface area contributed by atoms with Crippen molar-refractivity contribution in [3.8, 4) is 0 Å². The van der Waals surface area contributed by atoms with Gasteiger partial charge in [-0.2, -0.15) is 0 Å². The fourth-order valence-electron chi connectivity index (χ4n) is 3.28. The normalized spacial score (nSPS) is 24.0. The Morgan fingerprint density at radius 1 is 1.33 bits per heavy atom. The number of fused-ring (bicyclic) bond motifs is 1. The molecule has 2 amide bonds. The Bertz CT molecular complexity index is 585. The number of hydrogen-bond acceptors (Lipinski definition) is 2. The van der Waals surface area contributed by atoms with E-state index < -0.39 is 11.9 Å². The van der Waals surface area contributed by atoms with Crippen LogP contribution in [0.3, 0.4) is 0 Å². The van der Waals surface area contributed by atoms with Crippen molar-refractivity contribution in [2.24, 2.45) is 5.92 Å². The summed E-state index contributed by atoms with van der Waals surface area (Å²) in [7, 11) is 0. The van der Waals surface area contributed by atoms with Gasteiger partial charge < -0.3 is 15.3 Å². The van der Waals surface area contributed by atoms with Gasteiger partial charge in [-0.1, -0.05) is 23.8 Å². The Morgan fingerprint density at radius 2 is 2.14 bits per heavy atom. The van der Waals surface area contributed by atoms with Gasteiger partial charge >= 0.3 is 12.0 Å². The van der Waals surface area contributed by atoms with E-state index in [1.54, 1.807) is 4.90 Å². The minimum Gasteiger partial charge on any atom is -0.481 e. The van der Waals surface area contributed by atoms with E-state index in [1.807, 2.05) is 0 Å². The van der Waals surface area contributed by atoms with Crippen LogP contribution in [0.5, 0.6) is 0 Å². The molecule has 0 spiro atoms. The summed E-state index contributed by atoms with van der Waals surface area (Å²) in [5.41, 5.74) is 3.75. The fourth-order valence-corrected chi connectivity index (χ4v) is 3.28. The van der Waals surface area contributed by atoms with E-state index in [4.69, 9.17) is 5.11 Å². The molecule has 112 valence electrons. The summed E-state index contributed by atoms with van der Waals surface area (Å²) in [6, 6.07) is 6.25. The molecule has 1 aliphatic carbocycles. The van der Waals surface area contributed by atoms with Gasteiger partial charge in [0, 0.05) is 13.1 Å². The molecule has 0 radical (unpaired) electrons. The van der Waals surface area contributed by atoms with E-state index in [9.17, 15) is 9.59 Å². The minimum absolute atomic E-state index is 0.0528. The van der Waals surface area contributed by atoms with Crippen molar-refractivity contribution in [1.82, 2.24) is 10.2 Å². The summed E-state index contributed by atoms with van der Waals surface area (Å²) in [5.74, 6) is -1.23. The molecular formula is C16H20N2O3. The number of benzene rings is 1. The summed E-state index contributed by atoms with van der Waals surface area (Å²) in [5, 5.41) is 12.0. The molecule has 5 heteroatoms. The van der Waals surface area contributed by atoms with Crippen LogP contribution in [-0.4, -0.2) is 35.1 Å². The topological polar surface area (TPSA) is 69.6 Å². The van der Waals surface area contributed by atoms with Gasteiger partial charge in [0.25, 0.3) is 0 Å². The molecule has 1 fully saturated rings. The number of aliphatic carboxylic acids is 1. The number of nitrogens with one attached hydrogen (secondary N) is 1. The molecule has 5 nitrogen and oxygen atoms in total. The lowest BCUT2D eigenvalue weighted by Gasteiger charge is -2.21. The molecule has 1 aliphatic heterocycles. The van der Waals surface area contributed by atoms with Crippen LogP contribution in [0.4, 0.5) is 4.79 Å². The molecule has 1 aromatic carbocycles. The second kappa shape index (κ2) is 5.39. The van der Waals surface area contributed by atoms with Gasteiger partial charge in [-0.05, 0) is 37.3 Å². The SMILES string of the molecule is Cc1ccc2c(c1)CCC2NC(=O)N1CCC(C(=O)O)C1. The van der Waals surface area contributed by atoms with Crippen LogP contribution in [0.1, 0.15) is 35.6 Å². The minimum atomic E-state index is -0.813. The van der Waals surface area contributed by atoms with Crippen molar-refractivity contribution in [2.45, 2.75) is 32.2 Å². The zero-order valence-corrected chi connectivity index (χ0v) is 12.1. The lowest BCUT2D eigenvalue weighted by atomic mass is 10.1. The predicted molar refractivity (Wildman–Crippen MR) is 78.1 cm³/mol. The average molecular weight is 288 g/mol. The van der Waals surface area contributed by atoms with Gasteiger partial charge in [0.2, 0.25) is 0 Å². The lowest BCUT2D eigenvalue weighted by molar-refractivity contribution is -0.141. The first-order chi connectivity index (χ1) is 10.0. The second-order valence-corrected chi connectivity index (χ2v) is 6.01. The zero-order chi connectivity index (χ0) is 15.0. The number of likely N-dealkylation sites (tertiary alicyclic amines) is 1. The number of hydrogen-bond donors (Lipinski definition) is 2. The summed E-state index contributed by atoms with van der Waals surface area (Å²) in [6.45, 7) is 2.91. The third-order valence-electron chi connectivity index (χ3n) is 4.50. The third-order valence-corrected chi connectivity index (χ3v) is 4.50. The molecule has 2 atom stereocenters. The first kappa shape index (κ1) is 13.9. The monoisotopic (exact) mass is 288 g/mol. The zero-order valence-electron chi connectivity index (χ0n) is 12.1. The quantitative estimate of drug-likeness (QED) is 0.875. The van der Waals surface area contributed by atoms with Crippen molar-refractivity contribution >= 4 is 12.0 Å². The Morgan fingerprint density at radius 3 is 2.86 bits per heavy atom. The predicted octanol–water partition coefficient (Wildman–Crippen LogP) is 2.10. The molecule has 0 saturated carbocycles. The second-order valence-electron chi connectivity index (χ2n) is 6.01. The highest BCUT2D eigenvalue weighted by Crippen LogP contribution is 2.32. The van der Waals surface area contributed by atoms with E-state index in [-0.39, 0.29) is 12.1 Å². The molecular weight excluding hydrogens is 268 g/mol. The lowest BCUT2D eigenvalue weighted by Crippen LogP contribution is -2.40. The fraction of sp³-hybridized carbons (Fsp3) is 0.500. The van der Waals surface area contributed by atoms with E-state index in [0.29, 0.717) is 19.5 Å². The van der Waals surface area contributed by atoms with Crippen molar-refractivity contribution in [3.63, 3.8) is 0 Å². The third kappa shape index (κ3) is 2.73. The number of carboxylic acid groups (broad SMARTS) is 1. The largest absolute Gasteiger partial charge is 0.481 e. The molecule has 2 aliphatic rings. The average Bonchev–Trinajstić information content (AvgIpc) is 3.06. The van der Waals surface area contributed by atoms with Crippen molar-refractivity contribution in [1.29, 1.82) is 0 Å². The van der Waals surface area contributed by atoms with Crippen molar-refractivity contribution in [2.75, 3.05) is 13.1 Å². The highest BCUT2D eigenvalue weighted by Gasteiger charge is 2.32. The first-order valence-electron chi connectivity index (χ1n) is 7.42. The number of carbonyl (C=O) groups is 2. The highest BCUT2D eigenvalue weighted by atomic mass is 16.4. The van der Waals surface area contributed by atoms with Gasteiger partial charge in [0.1, 0.15) is 0 Å². The van der Waals surface area contributed by atoms with Crippen LogP contribution in [0, 0.1) is 12.8 Å². The Balaban J connectivity index is 1.64. The number of nitrogens with zero attached hydrogens (tertiary/aromatic N) is 1. The highest BCUT2D eigenvalue weighted by molar-refractivity contribution is 5.77. The molecule has 3 rings (SSSR count). The molecule has 2 N–H and O–H groups in total. The van der Waals surface area contributed by atoms with Crippen molar-refractivity contribution in [3.05, 3.63) is 34.9 Å². The maximum Gasteiger partial charge on any atom is 0.317 e. The van der Waals surface area contributed by atoms with Gasteiger partial charge in [0.05, 0.1) is 12.0 Å². The van der Waals surface area contributed by atoms with E-state index in [2.05, 4.69) is 30.4 Å². The maximum absolute atomic E-state index is 12.3. The van der Waals surface area contributed by atoms with E-state index >= 15 is 0 Å². The van der Waals surface area contributed by atoms with Crippen LogP contribution in [-0.2, 0) is 11.2 Å². The Hall–Kier alpha value is -2.04. The van der Waals surface area contributed by atoms with E-state index in [0.717, 1.165) is 12.8 Å². The number of carboxylic acids is 1. The molecule has 21 heavy (non-hydrogen) atoms. The summed E-state index contributed by atoms with van der Waals surface area (Å²) >= 11 is 0. The van der Waals surface area contributed by atoms with Crippen molar-refractivity contribution < 1.29 is 14.7 Å². The first-order valence-corrected chi connectivity index (χ1v) is 7.42. The summed E-state index contributed by atoms with van der Waals surface area (Å²) in [4.78, 5) is 24.8. The molecule has 2 unspecified atom stereocenters. The van der Waals surface area contributed by atoms with Gasteiger partial charge in [-0.3, -0.25) is 4.79 Å². The van der Waals surface area contributed by atoms with Gasteiger partial charge in [-0.15, -0.1) is 0 Å². The van der Waals surface area contributed by atoms with Gasteiger partial charge in [0.15, 0.2) is 0 Å². The summed E-state index contributed by atoms with van der Waals surface area (Å²) in [6.07, 6.45) is 2.45. The van der Waals surface area contributed by atoms with Crippen LogP contribution < -0.4 is 5.32 Å². The maximum atomic E-state index is 12.3. The molecule has 1 heterocycles. The van der Waals surface area contributed by atoms with Gasteiger partial charge in [-0.25, -0.2) is 4.79 Å². The smallest absolute Gasteiger partial charge is 0.317 e. The van der Waals surface area contributed by atoms with Crippen LogP contribution in [0.2, 0.25) is 0 Å². The van der Waals surface area contributed by atoms with Crippen LogP contribution >= 0.6 is 0 Å². The number of rotatable bonds is 2. The number of urea groups is 1. The van der Waals surface area contributed by atoms with E-state index in [1.165, 1.54) is 16.7 Å². The molecule has 1 aromatic rings. The Labute approximate surface area is 123 Å². The Kier molecular flexibility index (Phi) is 3.57. The van der Waals surface area contributed by atoms with Crippen LogP contribution in [0.15, 0.2) is 18.2 Å². The number of amides is 2. The molecule has 1 saturated heterocycles. The summed E-state index contributed by atoms with van der Waals surface area (Å²) < 4.78 is 0.